The van der Waals surface area contributed by atoms with E-state index >= 15 is 0 Å². The Hall–Kier alpha value is -0.610. The Kier molecular flexibility index (Phi) is 3.99. The summed E-state index contributed by atoms with van der Waals surface area (Å²) in [6.45, 7) is 1.81. The summed E-state index contributed by atoms with van der Waals surface area (Å²) in [6.07, 6.45) is 0.563. The van der Waals surface area contributed by atoms with E-state index in [1.54, 1.807) is 0 Å². The highest BCUT2D eigenvalue weighted by molar-refractivity contribution is 5.67. The van der Waals surface area contributed by atoms with Crippen LogP contribution in [-0.4, -0.2) is 23.2 Å². The van der Waals surface area contributed by atoms with Gasteiger partial charge in [0.2, 0.25) is 0 Å². The van der Waals surface area contributed by atoms with E-state index in [0.29, 0.717) is 6.42 Å². The Morgan fingerprint density at radius 2 is 2.10 bits per heavy atom. The molecule has 0 saturated carbocycles. The summed E-state index contributed by atoms with van der Waals surface area (Å²) in [4.78, 5) is 10.1. The van der Waals surface area contributed by atoms with Crippen molar-refractivity contribution in [2.24, 2.45) is 11.5 Å². The molecule has 0 amide bonds. The molecule has 0 aromatic rings. The minimum atomic E-state index is -0.867. The molecule has 2 atom stereocenters. The smallest absolute Gasteiger partial charge is 0.304 e. The van der Waals surface area contributed by atoms with Gasteiger partial charge in [0, 0.05) is 12.1 Å². The highest BCUT2D eigenvalue weighted by Crippen LogP contribution is 1.96. The average molecular weight is 146 g/mol. The number of rotatable bonds is 4. The zero-order valence-corrected chi connectivity index (χ0v) is 6.08. The van der Waals surface area contributed by atoms with Gasteiger partial charge < -0.3 is 16.6 Å². The van der Waals surface area contributed by atoms with Gasteiger partial charge >= 0.3 is 5.97 Å². The number of carbonyl (C=O) groups is 1. The standard InChI is InChI=1S/C6H14N2O2/c1-4(7)2-5(8)3-6(9)10/h4-5H,2-3,7-8H2,1H3,(H,9,10)/t4-,5-/m0/s1. The van der Waals surface area contributed by atoms with Gasteiger partial charge in [0.25, 0.3) is 0 Å². The summed E-state index contributed by atoms with van der Waals surface area (Å²) in [6, 6.07) is -0.327. The van der Waals surface area contributed by atoms with E-state index in [1.807, 2.05) is 6.92 Å². The van der Waals surface area contributed by atoms with Crippen molar-refractivity contribution in [3.63, 3.8) is 0 Å². The summed E-state index contributed by atoms with van der Waals surface area (Å²) < 4.78 is 0. The largest absolute Gasteiger partial charge is 0.481 e. The summed E-state index contributed by atoms with van der Waals surface area (Å²) in [7, 11) is 0. The topological polar surface area (TPSA) is 89.3 Å². The van der Waals surface area contributed by atoms with Gasteiger partial charge in [-0.25, -0.2) is 0 Å². The van der Waals surface area contributed by atoms with Crippen LogP contribution >= 0.6 is 0 Å². The normalized spacial score (nSPS) is 16.3. The fraction of sp³-hybridized carbons (Fsp3) is 0.833. The second kappa shape index (κ2) is 4.24. The van der Waals surface area contributed by atoms with E-state index in [-0.39, 0.29) is 18.5 Å². The van der Waals surface area contributed by atoms with E-state index < -0.39 is 5.97 Å². The molecule has 0 saturated heterocycles. The Labute approximate surface area is 60.2 Å². The predicted octanol–water partition coefficient (Wildman–Crippen LogP) is -0.474. The van der Waals surface area contributed by atoms with Crippen molar-refractivity contribution in [1.82, 2.24) is 0 Å². The highest BCUT2D eigenvalue weighted by Gasteiger charge is 2.09. The molecule has 5 N–H and O–H groups in total. The number of carboxylic acid groups (broad SMARTS) is 1. The predicted molar refractivity (Wildman–Crippen MR) is 38.5 cm³/mol. The van der Waals surface area contributed by atoms with Gasteiger partial charge in [-0.2, -0.15) is 0 Å². The summed E-state index contributed by atoms with van der Waals surface area (Å²) in [5.41, 5.74) is 10.8. The van der Waals surface area contributed by atoms with Crippen LogP contribution in [0.1, 0.15) is 19.8 Å². The molecule has 10 heavy (non-hydrogen) atoms. The molecule has 0 bridgehead atoms. The van der Waals surface area contributed by atoms with Crippen LogP contribution in [0.5, 0.6) is 0 Å². The van der Waals surface area contributed by atoms with Crippen LogP contribution in [0, 0.1) is 0 Å². The summed E-state index contributed by atoms with van der Waals surface area (Å²) >= 11 is 0. The molecule has 0 rings (SSSR count). The molecular formula is C6H14N2O2. The molecule has 4 heteroatoms. The van der Waals surface area contributed by atoms with Crippen LogP contribution in [-0.2, 0) is 4.79 Å². The molecular weight excluding hydrogens is 132 g/mol. The third kappa shape index (κ3) is 5.53. The number of aliphatic carboxylic acids is 1. The van der Waals surface area contributed by atoms with Gasteiger partial charge in [-0.1, -0.05) is 0 Å². The van der Waals surface area contributed by atoms with Crippen LogP contribution < -0.4 is 11.5 Å². The lowest BCUT2D eigenvalue weighted by atomic mass is 10.1. The molecule has 0 aliphatic heterocycles. The quantitative estimate of drug-likeness (QED) is 0.500. The SMILES string of the molecule is C[C@H](N)C[C@H](N)CC(=O)O. The number of hydrogen-bond donors (Lipinski definition) is 3. The zero-order valence-electron chi connectivity index (χ0n) is 6.08. The lowest BCUT2D eigenvalue weighted by Gasteiger charge is -2.10. The minimum Gasteiger partial charge on any atom is -0.481 e. The maximum absolute atomic E-state index is 10.1. The van der Waals surface area contributed by atoms with E-state index in [1.165, 1.54) is 0 Å². The van der Waals surface area contributed by atoms with E-state index in [0.717, 1.165) is 0 Å². The highest BCUT2D eigenvalue weighted by atomic mass is 16.4. The Morgan fingerprint density at radius 3 is 2.40 bits per heavy atom. The van der Waals surface area contributed by atoms with E-state index in [9.17, 15) is 4.79 Å². The molecule has 60 valence electrons. The Morgan fingerprint density at radius 1 is 1.60 bits per heavy atom. The van der Waals surface area contributed by atoms with Gasteiger partial charge in [-0.15, -0.1) is 0 Å². The second-order valence-electron chi connectivity index (χ2n) is 2.57. The van der Waals surface area contributed by atoms with Crippen LogP contribution in [0.2, 0.25) is 0 Å². The fourth-order valence-corrected chi connectivity index (χ4v) is 0.785. The first-order chi connectivity index (χ1) is 4.52. The molecule has 0 aromatic heterocycles. The maximum Gasteiger partial charge on any atom is 0.304 e. The first-order valence-electron chi connectivity index (χ1n) is 3.25. The number of nitrogens with two attached hydrogens (primary N) is 2. The molecule has 0 unspecified atom stereocenters. The van der Waals surface area contributed by atoms with Gasteiger partial charge in [-0.05, 0) is 13.3 Å². The van der Waals surface area contributed by atoms with Crippen LogP contribution in [0.4, 0.5) is 0 Å². The average Bonchev–Trinajstić information content (AvgIpc) is 1.58. The lowest BCUT2D eigenvalue weighted by molar-refractivity contribution is -0.137. The molecule has 0 spiro atoms. The van der Waals surface area contributed by atoms with Gasteiger partial charge in [0.05, 0.1) is 6.42 Å². The first kappa shape index (κ1) is 9.39. The first-order valence-corrected chi connectivity index (χ1v) is 3.25. The summed E-state index contributed by atoms with van der Waals surface area (Å²) in [5, 5.41) is 8.28. The van der Waals surface area contributed by atoms with Gasteiger partial charge in [-0.3, -0.25) is 4.79 Å². The molecule has 0 aromatic carbocycles. The minimum absolute atomic E-state index is 0.00153. The number of hydrogen-bond acceptors (Lipinski definition) is 3. The van der Waals surface area contributed by atoms with Crippen molar-refractivity contribution in [3.8, 4) is 0 Å². The molecule has 0 aliphatic rings. The van der Waals surface area contributed by atoms with E-state index in [2.05, 4.69) is 0 Å². The van der Waals surface area contributed by atoms with Crippen molar-refractivity contribution in [1.29, 1.82) is 0 Å². The second-order valence-corrected chi connectivity index (χ2v) is 2.57. The molecule has 0 fully saturated rings. The van der Waals surface area contributed by atoms with Gasteiger partial charge in [0.15, 0.2) is 0 Å². The molecule has 0 radical (unpaired) electrons. The third-order valence-electron chi connectivity index (χ3n) is 1.11. The lowest BCUT2D eigenvalue weighted by Crippen LogP contribution is -2.31. The molecule has 0 aliphatic carbocycles. The Bertz CT molecular complexity index is 114. The van der Waals surface area contributed by atoms with Crippen molar-refractivity contribution < 1.29 is 9.90 Å². The van der Waals surface area contributed by atoms with Crippen molar-refractivity contribution in [2.75, 3.05) is 0 Å². The monoisotopic (exact) mass is 146 g/mol. The van der Waals surface area contributed by atoms with Crippen molar-refractivity contribution in [2.45, 2.75) is 31.8 Å². The fourth-order valence-electron chi connectivity index (χ4n) is 0.785. The summed E-state index contributed by atoms with van der Waals surface area (Å²) in [5.74, 6) is -0.867. The van der Waals surface area contributed by atoms with Crippen molar-refractivity contribution in [3.05, 3.63) is 0 Å². The zero-order chi connectivity index (χ0) is 8.15. The maximum atomic E-state index is 10.1. The van der Waals surface area contributed by atoms with E-state index in [4.69, 9.17) is 16.6 Å². The molecule has 4 nitrogen and oxygen atoms in total. The number of carboxylic acids is 1. The van der Waals surface area contributed by atoms with Crippen LogP contribution in [0.15, 0.2) is 0 Å². The van der Waals surface area contributed by atoms with Gasteiger partial charge in [0.1, 0.15) is 0 Å². The van der Waals surface area contributed by atoms with Crippen molar-refractivity contribution >= 4 is 5.97 Å². The van der Waals surface area contributed by atoms with Crippen LogP contribution in [0.25, 0.3) is 0 Å². The Balaban J connectivity index is 3.43. The third-order valence-corrected chi connectivity index (χ3v) is 1.11. The van der Waals surface area contributed by atoms with Crippen LogP contribution in [0.3, 0.4) is 0 Å². The molecule has 0 heterocycles.